The van der Waals surface area contributed by atoms with E-state index in [2.05, 4.69) is 11.8 Å². The van der Waals surface area contributed by atoms with Crippen LogP contribution in [-0.2, 0) is 4.79 Å². The average Bonchev–Trinajstić information content (AvgIpc) is 2.45. The lowest BCUT2D eigenvalue weighted by atomic mass is 9.91. The predicted octanol–water partition coefficient (Wildman–Crippen LogP) is 1.80. The van der Waals surface area contributed by atoms with Gasteiger partial charge in [-0.25, -0.2) is 0 Å². The largest absolute Gasteiger partial charge is 0.391 e. The number of likely N-dealkylation sites (N-methyl/N-ethyl adjacent to an activating group) is 1. The normalized spacial score (nSPS) is 22.2. The first-order valence-corrected chi connectivity index (χ1v) is 6.70. The van der Waals surface area contributed by atoms with Gasteiger partial charge in [0.1, 0.15) is 0 Å². The number of aliphatic hydroxyl groups excluding tert-OH is 1. The Labute approximate surface area is 114 Å². The zero-order chi connectivity index (χ0) is 13.7. The molecular formula is C16H19NO2. The Kier molecular flexibility index (Phi) is 4.59. The topological polar surface area (TPSA) is 40.5 Å². The van der Waals surface area contributed by atoms with Gasteiger partial charge >= 0.3 is 0 Å². The van der Waals surface area contributed by atoms with E-state index in [-0.39, 0.29) is 11.9 Å². The number of nitrogens with zero attached hydrogens (tertiary/aromatic N) is 1. The summed E-state index contributed by atoms with van der Waals surface area (Å²) >= 11 is 0. The van der Waals surface area contributed by atoms with E-state index in [0.717, 1.165) is 31.2 Å². The number of rotatable bonds is 1. The SMILES string of the molecule is CN(C(=O)C#Cc1ccccc1)C1CCCCC1O. The van der Waals surface area contributed by atoms with Crippen molar-refractivity contribution in [3.05, 3.63) is 35.9 Å². The Balaban J connectivity index is 2.01. The van der Waals surface area contributed by atoms with Gasteiger partial charge in [0.2, 0.25) is 0 Å². The second-order valence-corrected chi connectivity index (χ2v) is 4.95. The van der Waals surface area contributed by atoms with E-state index >= 15 is 0 Å². The fourth-order valence-electron chi connectivity index (χ4n) is 2.43. The van der Waals surface area contributed by atoms with E-state index in [1.165, 1.54) is 0 Å². The first-order valence-electron chi connectivity index (χ1n) is 6.70. The van der Waals surface area contributed by atoms with Crippen molar-refractivity contribution in [2.75, 3.05) is 7.05 Å². The molecule has 2 rings (SSSR count). The van der Waals surface area contributed by atoms with Crippen LogP contribution in [0.2, 0.25) is 0 Å². The minimum absolute atomic E-state index is 0.0914. The summed E-state index contributed by atoms with van der Waals surface area (Å²) in [5, 5.41) is 9.93. The molecule has 2 unspecified atom stereocenters. The molecule has 1 N–H and O–H groups in total. The maximum absolute atomic E-state index is 12.0. The van der Waals surface area contributed by atoms with Gasteiger partial charge < -0.3 is 10.0 Å². The zero-order valence-corrected chi connectivity index (χ0v) is 11.2. The van der Waals surface area contributed by atoms with Crippen molar-refractivity contribution in [3.8, 4) is 11.8 Å². The van der Waals surface area contributed by atoms with E-state index in [1.807, 2.05) is 30.3 Å². The van der Waals surface area contributed by atoms with Crippen molar-refractivity contribution in [2.45, 2.75) is 37.8 Å². The molecule has 0 spiro atoms. The second kappa shape index (κ2) is 6.40. The summed E-state index contributed by atoms with van der Waals surface area (Å²) in [5.74, 6) is 5.27. The van der Waals surface area contributed by atoms with Crippen molar-refractivity contribution in [3.63, 3.8) is 0 Å². The fraction of sp³-hybridized carbons (Fsp3) is 0.438. The summed E-state index contributed by atoms with van der Waals surface area (Å²) in [5.41, 5.74) is 0.827. The zero-order valence-electron chi connectivity index (χ0n) is 11.2. The molecule has 1 aliphatic rings. The molecule has 1 aromatic rings. The van der Waals surface area contributed by atoms with Gasteiger partial charge in [0.05, 0.1) is 12.1 Å². The molecular weight excluding hydrogens is 238 g/mol. The van der Waals surface area contributed by atoms with Crippen LogP contribution in [-0.4, -0.2) is 35.1 Å². The third-order valence-corrected chi connectivity index (χ3v) is 3.60. The Hall–Kier alpha value is -1.79. The monoisotopic (exact) mass is 257 g/mol. The smallest absolute Gasteiger partial charge is 0.298 e. The number of carbonyl (C=O) groups is 1. The van der Waals surface area contributed by atoms with Gasteiger partial charge in [-0.05, 0) is 25.0 Å². The van der Waals surface area contributed by atoms with Crippen LogP contribution < -0.4 is 0 Å². The second-order valence-electron chi connectivity index (χ2n) is 4.95. The Bertz CT molecular complexity index is 486. The molecule has 3 heteroatoms. The van der Waals surface area contributed by atoms with Gasteiger partial charge in [-0.2, -0.15) is 0 Å². The minimum atomic E-state index is -0.416. The van der Waals surface area contributed by atoms with Gasteiger partial charge in [-0.15, -0.1) is 0 Å². The molecule has 19 heavy (non-hydrogen) atoms. The lowest BCUT2D eigenvalue weighted by molar-refractivity contribution is -0.129. The van der Waals surface area contributed by atoms with Crippen molar-refractivity contribution < 1.29 is 9.90 Å². The van der Waals surface area contributed by atoms with Gasteiger partial charge in [0.15, 0.2) is 0 Å². The number of hydrogen-bond acceptors (Lipinski definition) is 2. The summed E-state index contributed by atoms with van der Waals surface area (Å²) < 4.78 is 0. The number of benzene rings is 1. The highest BCUT2D eigenvalue weighted by molar-refractivity contribution is 5.94. The van der Waals surface area contributed by atoms with Crippen LogP contribution in [0.25, 0.3) is 0 Å². The maximum Gasteiger partial charge on any atom is 0.298 e. The van der Waals surface area contributed by atoms with Gasteiger partial charge in [0, 0.05) is 18.5 Å². The van der Waals surface area contributed by atoms with Gasteiger partial charge in [-0.1, -0.05) is 37.0 Å². The van der Waals surface area contributed by atoms with Gasteiger partial charge in [0.25, 0.3) is 5.91 Å². The molecule has 0 heterocycles. The predicted molar refractivity (Wildman–Crippen MR) is 74.4 cm³/mol. The quantitative estimate of drug-likeness (QED) is 0.779. The average molecular weight is 257 g/mol. The summed E-state index contributed by atoms with van der Waals surface area (Å²) in [6.07, 6.45) is 3.31. The molecule has 1 aromatic carbocycles. The van der Waals surface area contributed by atoms with Crippen molar-refractivity contribution in [1.29, 1.82) is 0 Å². The van der Waals surface area contributed by atoms with E-state index in [4.69, 9.17) is 0 Å². The summed E-state index contributed by atoms with van der Waals surface area (Å²) in [6, 6.07) is 9.35. The maximum atomic E-state index is 12.0. The molecule has 0 aliphatic heterocycles. The molecule has 0 aromatic heterocycles. The number of hydrogen-bond donors (Lipinski definition) is 1. The van der Waals surface area contributed by atoms with E-state index < -0.39 is 6.10 Å². The molecule has 3 nitrogen and oxygen atoms in total. The van der Waals surface area contributed by atoms with Crippen LogP contribution in [0.15, 0.2) is 30.3 Å². The van der Waals surface area contributed by atoms with E-state index in [1.54, 1.807) is 11.9 Å². The fourth-order valence-corrected chi connectivity index (χ4v) is 2.43. The Morgan fingerprint density at radius 1 is 1.26 bits per heavy atom. The van der Waals surface area contributed by atoms with Gasteiger partial charge in [-0.3, -0.25) is 4.79 Å². The van der Waals surface area contributed by atoms with Crippen molar-refractivity contribution >= 4 is 5.91 Å². The summed E-state index contributed by atoms with van der Waals surface area (Å²) in [7, 11) is 1.72. The summed E-state index contributed by atoms with van der Waals surface area (Å²) in [4.78, 5) is 13.6. The molecule has 1 amide bonds. The molecule has 0 radical (unpaired) electrons. The third-order valence-electron chi connectivity index (χ3n) is 3.60. The van der Waals surface area contributed by atoms with Crippen molar-refractivity contribution in [1.82, 2.24) is 4.90 Å². The lowest BCUT2D eigenvalue weighted by Gasteiger charge is -2.34. The molecule has 1 aliphatic carbocycles. The minimum Gasteiger partial charge on any atom is -0.391 e. The van der Waals surface area contributed by atoms with Crippen LogP contribution in [0.5, 0.6) is 0 Å². The first-order chi connectivity index (χ1) is 9.18. The summed E-state index contributed by atoms with van der Waals surface area (Å²) in [6.45, 7) is 0. The molecule has 2 atom stereocenters. The molecule has 1 fully saturated rings. The molecule has 1 saturated carbocycles. The number of aliphatic hydroxyl groups is 1. The van der Waals surface area contributed by atoms with Crippen LogP contribution >= 0.6 is 0 Å². The highest BCUT2D eigenvalue weighted by Crippen LogP contribution is 2.22. The Morgan fingerprint density at radius 2 is 1.95 bits per heavy atom. The highest BCUT2D eigenvalue weighted by atomic mass is 16.3. The first kappa shape index (κ1) is 13.6. The molecule has 100 valence electrons. The Morgan fingerprint density at radius 3 is 2.63 bits per heavy atom. The molecule has 0 bridgehead atoms. The standard InChI is InChI=1S/C16H19NO2/c1-17(14-9-5-6-10-15(14)18)16(19)12-11-13-7-3-2-4-8-13/h2-4,7-8,14-15,18H,5-6,9-10H2,1H3. The van der Waals surface area contributed by atoms with Crippen LogP contribution in [0.4, 0.5) is 0 Å². The lowest BCUT2D eigenvalue weighted by Crippen LogP contribution is -2.45. The third kappa shape index (κ3) is 3.59. The van der Waals surface area contributed by atoms with Crippen LogP contribution in [0.3, 0.4) is 0 Å². The van der Waals surface area contributed by atoms with Crippen LogP contribution in [0, 0.1) is 11.8 Å². The van der Waals surface area contributed by atoms with E-state index in [0.29, 0.717) is 0 Å². The number of carbonyl (C=O) groups excluding carboxylic acids is 1. The van der Waals surface area contributed by atoms with Crippen molar-refractivity contribution in [2.24, 2.45) is 0 Å². The van der Waals surface area contributed by atoms with Crippen LogP contribution in [0.1, 0.15) is 31.2 Å². The number of amides is 1. The highest BCUT2D eigenvalue weighted by Gasteiger charge is 2.28. The molecule has 0 saturated heterocycles. The van der Waals surface area contributed by atoms with E-state index in [9.17, 15) is 9.90 Å².